The second kappa shape index (κ2) is 11.1. The Morgan fingerprint density at radius 3 is 2.64 bits per heavy atom. The van der Waals surface area contributed by atoms with Crippen molar-refractivity contribution >= 4 is 46.3 Å². The van der Waals surface area contributed by atoms with Crippen LogP contribution < -0.4 is 9.47 Å². The van der Waals surface area contributed by atoms with Crippen molar-refractivity contribution in [1.29, 1.82) is 0 Å². The van der Waals surface area contributed by atoms with Gasteiger partial charge >= 0.3 is 5.97 Å². The van der Waals surface area contributed by atoms with E-state index < -0.39 is 0 Å². The number of methoxy groups -OCH3 is 1. The van der Waals surface area contributed by atoms with E-state index in [1.165, 1.54) is 16.7 Å². The molecule has 0 spiro atoms. The van der Waals surface area contributed by atoms with Crippen molar-refractivity contribution in [3.05, 3.63) is 28.7 Å². The van der Waals surface area contributed by atoms with E-state index in [0.717, 1.165) is 18.4 Å². The molecular formula is C20H25NO5S2. The molecule has 0 unspecified atom stereocenters. The summed E-state index contributed by atoms with van der Waals surface area (Å²) in [5.41, 5.74) is 0.809. The monoisotopic (exact) mass is 423 g/mol. The fraction of sp³-hybridized carbons (Fsp3) is 0.450. The van der Waals surface area contributed by atoms with Gasteiger partial charge in [-0.25, -0.2) is 0 Å². The zero-order valence-electron chi connectivity index (χ0n) is 16.4. The Morgan fingerprint density at radius 2 is 1.96 bits per heavy atom. The third-order valence-electron chi connectivity index (χ3n) is 3.83. The van der Waals surface area contributed by atoms with Crippen LogP contribution in [0.2, 0.25) is 0 Å². The van der Waals surface area contributed by atoms with Gasteiger partial charge in [-0.05, 0) is 36.6 Å². The molecule has 1 aliphatic rings. The minimum Gasteiger partial charge on any atom is -0.493 e. The van der Waals surface area contributed by atoms with Crippen molar-refractivity contribution in [2.45, 2.75) is 33.1 Å². The highest BCUT2D eigenvalue weighted by Crippen LogP contribution is 2.34. The van der Waals surface area contributed by atoms with Crippen LogP contribution in [0, 0.1) is 0 Å². The molecule has 1 heterocycles. The minimum atomic E-state index is -0.327. The number of thioether (sulfide) groups is 1. The van der Waals surface area contributed by atoms with Crippen molar-refractivity contribution in [2.75, 3.05) is 26.9 Å². The van der Waals surface area contributed by atoms with Crippen LogP contribution in [0.15, 0.2) is 23.1 Å². The lowest BCUT2D eigenvalue weighted by Crippen LogP contribution is -2.30. The molecule has 0 N–H and O–H groups in total. The first-order valence-corrected chi connectivity index (χ1v) is 10.4. The van der Waals surface area contributed by atoms with Crippen LogP contribution in [-0.2, 0) is 14.3 Å². The van der Waals surface area contributed by atoms with Crippen LogP contribution in [0.3, 0.4) is 0 Å². The molecular weight excluding hydrogens is 398 g/mol. The van der Waals surface area contributed by atoms with Crippen molar-refractivity contribution in [2.24, 2.45) is 0 Å². The summed E-state index contributed by atoms with van der Waals surface area (Å²) in [4.78, 5) is 26.3. The molecule has 1 aliphatic heterocycles. The zero-order chi connectivity index (χ0) is 20.5. The van der Waals surface area contributed by atoms with Gasteiger partial charge in [0, 0.05) is 6.54 Å². The average Bonchev–Trinajstić information content (AvgIpc) is 2.96. The van der Waals surface area contributed by atoms with Gasteiger partial charge in [-0.3, -0.25) is 14.5 Å². The maximum atomic E-state index is 12.7. The van der Waals surface area contributed by atoms with E-state index in [0.29, 0.717) is 33.9 Å². The Balaban J connectivity index is 2.07. The van der Waals surface area contributed by atoms with E-state index in [1.54, 1.807) is 13.2 Å². The van der Waals surface area contributed by atoms with E-state index >= 15 is 0 Å². The highest BCUT2D eigenvalue weighted by Gasteiger charge is 2.32. The lowest BCUT2D eigenvalue weighted by Gasteiger charge is -2.13. The van der Waals surface area contributed by atoms with Gasteiger partial charge in [0.15, 0.2) is 11.5 Å². The smallest absolute Gasteiger partial charge is 0.307 e. The van der Waals surface area contributed by atoms with Crippen molar-refractivity contribution in [3.63, 3.8) is 0 Å². The number of hydrogen-bond donors (Lipinski definition) is 0. The Hall–Kier alpha value is -2.06. The number of carbonyl (C=O) groups is 2. The molecule has 1 aromatic carbocycles. The van der Waals surface area contributed by atoms with E-state index in [-0.39, 0.29) is 24.8 Å². The first kappa shape index (κ1) is 22.2. The molecule has 28 heavy (non-hydrogen) atoms. The molecule has 8 heteroatoms. The number of ether oxygens (including phenoxy) is 3. The van der Waals surface area contributed by atoms with Crippen molar-refractivity contribution in [3.8, 4) is 11.5 Å². The number of benzene rings is 1. The number of amides is 1. The topological polar surface area (TPSA) is 65.1 Å². The SMILES string of the molecule is CCCOC(=O)CCN1C(=O)/C(=C/c2ccc(OCCC)c(OC)c2)SC1=S. The second-order valence-corrected chi connectivity index (χ2v) is 7.74. The molecule has 1 amide bonds. The van der Waals surface area contributed by atoms with Gasteiger partial charge in [0.2, 0.25) is 0 Å². The van der Waals surface area contributed by atoms with Crippen LogP contribution in [0.5, 0.6) is 11.5 Å². The largest absolute Gasteiger partial charge is 0.493 e. The van der Waals surface area contributed by atoms with Crippen molar-refractivity contribution < 1.29 is 23.8 Å². The number of carbonyl (C=O) groups excluding carboxylic acids is 2. The Morgan fingerprint density at radius 1 is 1.21 bits per heavy atom. The molecule has 2 rings (SSSR count). The maximum Gasteiger partial charge on any atom is 0.307 e. The predicted molar refractivity (Wildman–Crippen MR) is 115 cm³/mol. The van der Waals surface area contributed by atoms with Crippen LogP contribution >= 0.6 is 24.0 Å². The summed E-state index contributed by atoms with van der Waals surface area (Å²) in [7, 11) is 1.58. The molecule has 0 bridgehead atoms. The van der Waals surface area contributed by atoms with Crippen molar-refractivity contribution in [1.82, 2.24) is 4.90 Å². The van der Waals surface area contributed by atoms with E-state index in [2.05, 4.69) is 0 Å². The first-order valence-electron chi connectivity index (χ1n) is 9.22. The zero-order valence-corrected chi connectivity index (χ0v) is 18.0. The Kier molecular flexibility index (Phi) is 8.79. The molecule has 1 fully saturated rings. The molecule has 0 aromatic heterocycles. The first-order chi connectivity index (χ1) is 13.5. The molecule has 6 nitrogen and oxygen atoms in total. The van der Waals surface area contributed by atoms with Crippen LogP contribution in [0.4, 0.5) is 0 Å². The number of rotatable bonds is 10. The van der Waals surface area contributed by atoms with Gasteiger partial charge in [0.1, 0.15) is 4.32 Å². The van der Waals surface area contributed by atoms with Gasteiger partial charge < -0.3 is 14.2 Å². The summed E-state index contributed by atoms with van der Waals surface area (Å²) < 4.78 is 16.5. The second-order valence-electron chi connectivity index (χ2n) is 6.06. The van der Waals surface area contributed by atoms with E-state index in [9.17, 15) is 9.59 Å². The van der Waals surface area contributed by atoms with Gasteiger partial charge in [0.25, 0.3) is 5.91 Å². The summed E-state index contributed by atoms with van der Waals surface area (Å²) >= 11 is 6.52. The van der Waals surface area contributed by atoms with E-state index in [4.69, 9.17) is 26.4 Å². The lowest BCUT2D eigenvalue weighted by molar-refractivity contribution is -0.143. The fourth-order valence-electron chi connectivity index (χ4n) is 2.44. The van der Waals surface area contributed by atoms with E-state index in [1.807, 2.05) is 32.0 Å². The molecule has 0 atom stereocenters. The molecule has 0 saturated carbocycles. The normalized spacial score (nSPS) is 15.2. The summed E-state index contributed by atoms with van der Waals surface area (Å²) in [6, 6.07) is 5.51. The predicted octanol–water partition coefficient (Wildman–Crippen LogP) is 4.03. The Labute approximate surface area is 175 Å². The molecule has 152 valence electrons. The minimum absolute atomic E-state index is 0.122. The quantitative estimate of drug-likeness (QED) is 0.320. The van der Waals surface area contributed by atoms with Gasteiger partial charge in [-0.15, -0.1) is 0 Å². The molecule has 1 saturated heterocycles. The third-order valence-corrected chi connectivity index (χ3v) is 5.21. The highest BCUT2D eigenvalue weighted by atomic mass is 32.2. The molecule has 0 aliphatic carbocycles. The maximum absolute atomic E-state index is 12.7. The number of esters is 1. The number of hydrogen-bond acceptors (Lipinski definition) is 7. The van der Waals surface area contributed by atoms with Crippen LogP contribution in [0.1, 0.15) is 38.7 Å². The number of thiocarbonyl (C=S) groups is 1. The molecule has 1 aromatic rings. The highest BCUT2D eigenvalue weighted by molar-refractivity contribution is 8.26. The van der Waals surface area contributed by atoms with Crippen LogP contribution in [0.25, 0.3) is 6.08 Å². The summed E-state index contributed by atoms with van der Waals surface area (Å²) in [6.07, 6.45) is 3.55. The fourth-order valence-corrected chi connectivity index (χ4v) is 3.75. The lowest BCUT2D eigenvalue weighted by atomic mass is 10.2. The summed E-state index contributed by atoms with van der Waals surface area (Å²) in [5.74, 6) is 0.742. The third kappa shape index (κ3) is 5.97. The van der Waals surface area contributed by atoms with Crippen LogP contribution in [-0.4, -0.2) is 48.0 Å². The van der Waals surface area contributed by atoms with Gasteiger partial charge in [-0.2, -0.15) is 0 Å². The Bertz CT molecular complexity index is 763. The standard InChI is InChI=1S/C20H25NO5S2/c1-4-10-25-15-7-6-14(12-16(15)24-3)13-17-19(23)21(20(27)28-17)9-8-18(22)26-11-5-2/h6-7,12-13H,4-5,8-11H2,1-3H3/b17-13-. The molecule has 0 radical (unpaired) electrons. The average molecular weight is 424 g/mol. The van der Waals surface area contributed by atoms with Gasteiger partial charge in [0.05, 0.1) is 31.6 Å². The summed E-state index contributed by atoms with van der Waals surface area (Å²) in [6.45, 7) is 5.17. The van der Waals surface area contributed by atoms with Gasteiger partial charge in [-0.1, -0.05) is 43.9 Å². The summed E-state index contributed by atoms with van der Waals surface area (Å²) in [5, 5.41) is 0. The number of nitrogens with zero attached hydrogens (tertiary/aromatic N) is 1.